The van der Waals surface area contributed by atoms with Crippen LogP contribution in [0.1, 0.15) is 30.1 Å². The molecule has 0 unspecified atom stereocenters. The Labute approximate surface area is 142 Å². The maximum Gasteiger partial charge on any atom is 0.340 e. The monoisotopic (exact) mass is 326 g/mol. The van der Waals surface area contributed by atoms with E-state index in [2.05, 4.69) is 17.6 Å². The smallest absolute Gasteiger partial charge is 0.340 e. The second kappa shape index (κ2) is 9.35. The average molecular weight is 326 g/mol. The van der Waals surface area contributed by atoms with Crippen LogP contribution in [0.15, 0.2) is 54.6 Å². The highest BCUT2D eigenvalue weighted by atomic mass is 16.5. The van der Waals surface area contributed by atoms with Gasteiger partial charge >= 0.3 is 5.97 Å². The number of rotatable bonds is 8. The first-order chi connectivity index (χ1) is 11.7. The van der Waals surface area contributed by atoms with Gasteiger partial charge in [0.15, 0.2) is 6.61 Å². The number of hydrogen-bond acceptors (Lipinski definition) is 4. The second-order valence-corrected chi connectivity index (χ2v) is 5.32. The molecule has 0 atom stereocenters. The van der Waals surface area contributed by atoms with Crippen molar-refractivity contribution in [3.63, 3.8) is 0 Å². The maximum absolute atomic E-state index is 12.2. The molecule has 0 aliphatic rings. The molecule has 2 N–H and O–H groups in total. The van der Waals surface area contributed by atoms with Crippen molar-refractivity contribution in [1.82, 2.24) is 0 Å². The molecule has 5 nitrogen and oxygen atoms in total. The zero-order valence-corrected chi connectivity index (χ0v) is 13.7. The normalized spacial score (nSPS) is 10.0. The summed E-state index contributed by atoms with van der Waals surface area (Å²) in [5, 5.41) is 5.89. The van der Waals surface area contributed by atoms with Gasteiger partial charge in [-0.3, -0.25) is 4.79 Å². The molecule has 0 radical (unpaired) electrons. The molecule has 2 aromatic carbocycles. The lowest BCUT2D eigenvalue weighted by Crippen LogP contribution is -2.21. The molecule has 0 spiro atoms. The summed E-state index contributed by atoms with van der Waals surface area (Å²) in [4.78, 5) is 24.1. The van der Waals surface area contributed by atoms with E-state index < -0.39 is 5.97 Å². The highest BCUT2D eigenvalue weighted by molar-refractivity contribution is 5.98. The lowest BCUT2D eigenvalue weighted by atomic mass is 10.1. The lowest BCUT2D eigenvalue weighted by Gasteiger charge is -2.11. The van der Waals surface area contributed by atoms with Crippen LogP contribution >= 0.6 is 0 Å². The van der Waals surface area contributed by atoms with E-state index in [0.717, 1.165) is 25.1 Å². The molecule has 2 aromatic rings. The third-order valence-corrected chi connectivity index (χ3v) is 3.38. The minimum absolute atomic E-state index is 0.322. The predicted molar refractivity (Wildman–Crippen MR) is 95.2 cm³/mol. The quantitative estimate of drug-likeness (QED) is 0.573. The number of anilines is 2. The van der Waals surface area contributed by atoms with Crippen LogP contribution in [0.25, 0.3) is 0 Å². The SMILES string of the molecule is CCCCNc1ccccc1C(=O)OCC(=O)Nc1ccccc1. The second-order valence-electron chi connectivity index (χ2n) is 5.32. The first-order valence-corrected chi connectivity index (χ1v) is 8.05. The molecular formula is C19H22N2O3. The van der Waals surface area contributed by atoms with Gasteiger partial charge < -0.3 is 15.4 Å². The summed E-state index contributed by atoms with van der Waals surface area (Å²) in [5.74, 6) is -0.885. The third kappa shape index (κ3) is 5.43. The number of amides is 1. The zero-order valence-electron chi connectivity index (χ0n) is 13.7. The molecule has 0 saturated heterocycles. The van der Waals surface area contributed by atoms with Crippen LogP contribution in [0.3, 0.4) is 0 Å². The molecule has 0 bridgehead atoms. The number of esters is 1. The Morgan fingerprint density at radius 1 is 1.00 bits per heavy atom. The minimum Gasteiger partial charge on any atom is -0.452 e. The van der Waals surface area contributed by atoms with Crippen LogP contribution in [-0.4, -0.2) is 25.0 Å². The van der Waals surface area contributed by atoms with Gasteiger partial charge in [0.2, 0.25) is 0 Å². The van der Waals surface area contributed by atoms with E-state index in [-0.39, 0.29) is 12.5 Å². The van der Waals surface area contributed by atoms with Crippen molar-refractivity contribution < 1.29 is 14.3 Å². The molecule has 0 aromatic heterocycles. The van der Waals surface area contributed by atoms with E-state index in [1.807, 2.05) is 30.3 Å². The average Bonchev–Trinajstić information content (AvgIpc) is 2.61. The maximum atomic E-state index is 12.2. The molecule has 0 aliphatic carbocycles. The minimum atomic E-state index is -0.516. The van der Waals surface area contributed by atoms with E-state index >= 15 is 0 Å². The van der Waals surface area contributed by atoms with Crippen LogP contribution in [0.2, 0.25) is 0 Å². The van der Waals surface area contributed by atoms with Crippen molar-refractivity contribution in [3.8, 4) is 0 Å². The molecule has 126 valence electrons. The summed E-state index contributed by atoms with van der Waals surface area (Å²) in [5.41, 5.74) is 1.82. The number of unbranched alkanes of at least 4 members (excludes halogenated alkanes) is 1. The van der Waals surface area contributed by atoms with Gasteiger partial charge in [-0.25, -0.2) is 4.79 Å². The Morgan fingerprint density at radius 2 is 1.71 bits per heavy atom. The van der Waals surface area contributed by atoms with Crippen LogP contribution in [0.5, 0.6) is 0 Å². The van der Waals surface area contributed by atoms with Crippen LogP contribution < -0.4 is 10.6 Å². The van der Waals surface area contributed by atoms with Gasteiger partial charge in [-0.15, -0.1) is 0 Å². The Kier molecular flexibility index (Phi) is 6.83. The van der Waals surface area contributed by atoms with Crippen molar-refractivity contribution in [2.24, 2.45) is 0 Å². The fraction of sp³-hybridized carbons (Fsp3) is 0.263. The van der Waals surface area contributed by atoms with Gasteiger partial charge in [0, 0.05) is 17.9 Å². The summed E-state index contributed by atoms with van der Waals surface area (Å²) < 4.78 is 5.12. The third-order valence-electron chi connectivity index (χ3n) is 3.38. The number of hydrogen-bond donors (Lipinski definition) is 2. The number of nitrogens with one attached hydrogen (secondary N) is 2. The van der Waals surface area contributed by atoms with Crippen molar-refractivity contribution in [2.45, 2.75) is 19.8 Å². The molecule has 0 fully saturated rings. The number of benzene rings is 2. The molecular weight excluding hydrogens is 304 g/mol. The molecule has 0 saturated carbocycles. The van der Waals surface area contributed by atoms with Gasteiger partial charge in [0.25, 0.3) is 5.91 Å². The molecule has 0 aliphatic heterocycles. The van der Waals surface area contributed by atoms with Crippen molar-refractivity contribution >= 4 is 23.3 Å². The van der Waals surface area contributed by atoms with Gasteiger partial charge in [0.05, 0.1) is 5.56 Å². The summed E-state index contributed by atoms with van der Waals surface area (Å²) in [7, 11) is 0. The Hall–Kier alpha value is -2.82. The fourth-order valence-corrected chi connectivity index (χ4v) is 2.14. The summed E-state index contributed by atoms with van der Waals surface area (Å²) in [6, 6.07) is 16.2. The van der Waals surface area contributed by atoms with Crippen molar-refractivity contribution in [3.05, 3.63) is 60.2 Å². The van der Waals surface area contributed by atoms with Crippen LogP contribution in [0, 0.1) is 0 Å². The zero-order chi connectivity index (χ0) is 17.2. The number of para-hydroxylation sites is 2. The summed E-state index contributed by atoms with van der Waals surface area (Å²) >= 11 is 0. The Bertz CT molecular complexity index is 671. The topological polar surface area (TPSA) is 67.4 Å². The highest BCUT2D eigenvalue weighted by Crippen LogP contribution is 2.16. The van der Waals surface area contributed by atoms with E-state index in [9.17, 15) is 9.59 Å². The Morgan fingerprint density at radius 3 is 2.46 bits per heavy atom. The first kappa shape index (κ1) is 17.5. The van der Waals surface area contributed by atoms with Crippen molar-refractivity contribution in [1.29, 1.82) is 0 Å². The van der Waals surface area contributed by atoms with Crippen LogP contribution in [-0.2, 0) is 9.53 Å². The fourth-order valence-electron chi connectivity index (χ4n) is 2.14. The number of carbonyl (C=O) groups is 2. The molecule has 2 rings (SSSR count). The number of carbonyl (C=O) groups excluding carboxylic acids is 2. The lowest BCUT2D eigenvalue weighted by molar-refractivity contribution is -0.119. The van der Waals surface area contributed by atoms with E-state index in [1.165, 1.54) is 0 Å². The standard InChI is InChI=1S/C19H22N2O3/c1-2-3-13-20-17-12-8-7-11-16(17)19(23)24-14-18(22)21-15-9-5-4-6-10-15/h4-12,20H,2-3,13-14H2,1H3,(H,21,22). The first-order valence-electron chi connectivity index (χ1n) is 8.05. The highest BCUT2D eigenvalue weighted by Gasteiger charge is 2.14. The molecule has 1 amide bonds. The van der Waals surface area contributed by atoms with Gasteiger partial charge in [-0.1, -0.05) is 43.7 Å². The van der Waals surface area contributed by atoms with Crippen LogP contribution in [0.4, 0.5) is 11.4 Å². The number of ether oxygens (including phenoxy) is 1. The van der Waals surface area contributed by atoms with E-state index in [0.29, 0.717) is 11.3 Å². The van der Waals surface area contributed by atoms with E-state index in [4.69, 9.17) is 4.74 Å². The van der Waals surface area contributed by atoms with E-state index in [1.54, 1.807) is 24.3 Å². The Balaban J connectivity index is 1.89. The molecule has 24 heavy (non-hydrogen) atoms. The largest absolute Gasteiger partial charge is 0.452 e. The van der Waals surface area contributed by atoms with Gasteiger partial charge in [-0.05, 0) is 30.7 Å². The van der Waals surface area contributed by atoms with Gasteiger partial charge in [0.1, 0.15) is 0 Å². The molecule has 0 heterocycles. The van der Waals surface area contributed by atoms with Crippen molar-refractivity contribution in [2.75, 3.05) is 23.8 Å². The summed E-state index contributed by atoms with van der Waals surface area (Å²) in [6.07, 6.45) is 2.09. The van der Waals surface area contributed by atoms with Gasteiger partial charge in [-0.2, -0.15) is 0 Å². The predicted octanol–water partition coefficient (Wildman–Crippen LogP) is 3.69. The molecule has 5 heteroatoms. The summed E-state index contributed by atoms with van der Waals surface area (Å²) in [6.45, 7) is 2.57.